The average molecular weight is 269 g/mol. The van der Waals surface area contributed by atoms with E-state index in [9.17, 15) is 8.42 Å². The summed E-state index contributed by atoms with van der Waals surface area (Å²) >= 11 is 0. The molecule has 1 aliphatic heterocycles. The Hall–Kier alpha value is -0.910. The van der Waals surface area contributed by atoms with Crippen LogP contribution in [0, 0.1) is 5.92 Å². The molecule has 18 heavy (non-hydrogen) atoms. The van der Waals surface area contributed by atoms with Gasteiger partial charge < -0.3 is 10.4 Å². The highest BCUT2D eigenvalue weighted by Crippen LogP contribution is 2.31. The number of hydrogen-bond acceptors (Lipinski definition) is 4. The lowest BCUT2D eigenvalue weighted by Crippen LogP contribution is -2.33. The molecule has 2 atom stereocenters. The van der Waals surface area contributed by atoms with E-state index in [1.807, 2.05) is 19.1 Å². The van der Waals surface area contributed by atoms with Gasteiger partial charge in [-0.15, -0.1) is 0 Å². The third-order valence-corrected chi connectivity index (χ3v) is 5.14. The lowest BCUT2D eigenvalue weighted by atomic mass is 10.0. The molecule has 2 rings (SSSR count). The first-order valence-electron chi connectivity index (χ1n) is 6.20. The SMILES string of the molecule is CC(CO)CNC1CCS(=O)(=O)c2ccccc21. The van der Waals surface area contributed by atoms with Crippen molar-refractivity contribution >= 4 is 9.84 Å². The molecule has 0 fully saturated rings. The van der Waals surface area contributed by atoms with Crippen molar-refractivity contribution < 1.29 is 13.5 Å². The van der Waals surface area contributed by atoms with Gasteiger partial charge in [0.05, 0.1) is 10.6 Å². The largest absolute Gasteiger partial charge is 0.396 e. The Morgan fingerprint density at radius 3 is 2.89 bits per heavy atom. The average Bonchev–Trinajstić information content (AvgIpc) is 2.38. The van der Waals surface area contributed by atoms with Gasteiger partial charge in [0.15, 0.2) is 9.84 Å². The van der Waals surface area contributed by atoms with E-state index in [4.69, 9.17) is 5.11 Å². The summed E-state index contributed by atoms with van der Waals surface area (Å²) in [6.07, 6.45) is 0.595. The van der Waals surface area contributed by atoms with Gasteiger partial charge in [0.25, 0.3) is 0 Å². The van der Waals surface area contributed by atoms with E-state index >= 15 is 0 Å². The number of sulfone groups is 1. The van der Waals surface area contributed by atoms with Crippen LogP contribution in [0.2, 0.25) is 0 Å². The fourth-order valence-electron chi connectivity index (χ4n) is 2.21. The Labute approximate surface area is 108 Å². The number of aliphatic hydroxyl groups excluding tert-OH is 1. The zero-order valence-electron chi connectivity index (χ0n) is 10.5. The van der Waals surface area contributed by atoms with Crippen LogP contribution in [0.4, 0.5) is 0 Å². The van der Waals surface area contributed by atoms with E-state index in [0.717, 1.165) is 5.56 Å². The minimum Gasteiger partial charge on any atom is -0.396 e. The van der Waals surface area contributed by atoms with E-state index in [-0.39, 0.29) is 24.3 Å². The van der Waals surface area contributed by atoms with Crippen LogP contribution < -0.4 is 5.32 Å². The monoisotopic (exact) mass is 269 g/mol. The van der Waals surface area contributed by atoms with Crippen molar-refractivity contribution in [2.24, 2.45) is 5.92 Å². The van der Waals surface area contributed by atoms with Crippen LogP contribution in [0.5, 0.6) is 0 Å². The van der Waals surface area contributed by atoms with Gasteiger partial charge in [0.2, 0.25) is 0 Å². The highest BCUT2D eigenvalue weighted by Gasteiger charge is 2.29. The first kappa shape index (κ1) is 13.5. The maximum atomic E-state index is 11.9. The summed E-state index contributed by atoms with van der Waals surface area (Å²) in [6.45, 7) is 2.79. The molecule has 0 radical (unpaired) electrons. The molecular formula is C13H19NO3S. The van der Waals surface area contributed by atoms with E-state index in [1.54, 1.807) is 12.1 Å². The summed E-state index contributed by atoms with van der Waals surface area (Å²) in [5, 5.41) is 12.3. The quantitative estimate of drug-likeness (QED) is 0.859. The molecule has 100 valence electrons. The highest BCUT2D eigenvalue weighted by molar-refractivity contribution is 7.91. The van der Waals surface area contributed by atoms with Crippen molar-refractivity contribution in [1.82, 2.24) is 5.32 Å². The normalized spacial score (nSPS) is 23.3. The lowest BCUT2D eigenvalue weighted by molar-refractivity contribution is 0.229. The molecule has 1 aromatic carbocycles. The number of rotatable bonds is 4. The predicted molar refractivity (Wildman–Crippen MR) is 70.1 cm³/mol. The third kappa shape index (κ3) is 2.74. The second-order valence-electron chi connectivity index (χ2n) is 4.89. The third-order valence-electron chi connectivity index (χ3n) is 3.33. The van der Waals surface area contributed by atoms with Crippen LogP contribution >= 0.6 is 0 Å². The van der Waals surface area contributed by atoms with Crippen molar-refractivity contribution in [1.29, 1.82) is 0 Å². The first-order valence-corrected chi connectivity index (χ1v) is 7.85. The van der Waals surface area contributed by atoms with Crippen molar-refractivity contribution in [2.45, 2.75) is 24.3 Å². The smallest absolute Gasteiger partial charge is 0.178 e. The standard InChI is InChI=1S/C13H19NO3S/c1-10(9-15)8-14-12-6-7-18(16,17)13-5-3-2-4-11(12)13/h2-5,10,12,14-15H,6-9H2,1H3. The van der Waals surface area contributed by atoms with Gasteiger partial charge in [-0.05, 0) is 24.0 Å². The lowest BCUT2D eigenvalue weighted by Gasteiger charge is -2.27. The van der Waals surface area contributed by atoms with E-state index in [0.29, 0.717) is 17.9 Å². The van der Waals surface area contributed by atoms with Crippen LogP contribution in [0.25, 0.3) is 0 Å². The fourth-order valence-corrected chi connectivity index (χ4v) is 3.83. The number of benzene rings is 1. The summed E-state index contributed by atoms with van der Waals surface area (Å²) in [5.41, 5.74) is 0.855. The Morgan fingerprint density at radius 2 is 2.17 bits per heavy atom. The van der Waals surface area contributed by atoms with Gasteiger partial charge in [-0.3, -0.25) is 0 Å². The van der Waals surface area contributed by atoms with Crippen molar-refractivity contribution in [3.8, 4) is 0 Å². The maximum Gasteiger partial charge on any atom is 0.178 e. The molecule has 2 N–H and O–H groups in total. The molecular weight excluding hydrogens is 250 g/mol. The summed E-state index contributed by atoms with van der Waals surface area (Å²) in [6, 6.07) is 7.24. The Morgan fingerprint density at radius 1 is 1.44 bits per heavy atom. The van der Waals surface area contributed by atoms with Crippen LogP contribution in [0.1, 0.15) is 24.9 Å². The molecule has 0 aromatic heterocycles. The number of nitrogens with one attached hydrogen (secondary N) is 1. The summed E-state index contributed by atoms with van der Waals surface area (Å²) < 4.78 is 23.9. The summed E-state index contributed by atoms with van der Waals surface area (Å²) in [4.78, 5) is 0.449. The molecule has 4 nitrogen and oxygen atoms in total. The zero-order valence-corrected chi connectivity index (χ0v) is 11.3. The maximum absolute atomic E-state index is 11.9. The topological polar surface area (TPSA) is 66.4 Å². The van der Waals surface area contributed by atoms with Gasteiger partial charge in [0, 0.05) is 19.2 Å². The van der Waals surface area contributed by atoms with Crippen LogP contribution in [-0.2, 0) is 9.84 Å². The molecule has 0 saturated heterocycles. The second kappa shape index (κ2) is 5.38. The Kier molecular flexibility index (Phi) is 4.04. The summed E-state index contributed by atoms with van der Waals surface area (Å²) in [7, 11) is -3.11. The van der Waals surface area contributed by atoms with E-state index in [1.165, 1.54) is 0 Å². The van der Waals surface area contributed by atoms with Crippen LogP contribution in [-0.4, -0.2) is 32.4 Å². The van der Waals surface area contributed by atoms with Crippen molar-refractivity contribution in [3.05, 3.63) is 29.8 Å². The van der Waals surface area contributed by atoms with Gasteiger partial charge >= 0.3 is 0 Å². The molecule has 0 aliphatic carbocycles. The molecule has 2 unspecified atom stereocenters. The zero-order chi connectivity index (χ0) is 13.2. The van der Waals surface area contributed by atoms with Crippen LogP contribution in [0.15, 0.2) is 29.2 Å². The Balaban J connectivity index is 2.21. The molecule has 1 aliphatic rings. The Bertz CT molecular complexity index is 513. The number of fused-ring (bicyclic) bond motifs is 1. The van der Waals surface area contributed by atoms with Gasteiger partial charge in [-0.1, -0.05) is 25.1 Å². The van der Waals surface area contributed by atoms with E-state index < -0.39 is 9.84 Å². The number of aliphatic hydroxyl groups is 1. The van der Waals surface area contributed by atoms with Gasteiger partial charge in [0.1, 0.15) is 0 Å². The minimum absolute atomic E-state index is 0.0683. The van der Waals surface area contributed by atoms with Crippen LogP contribution in [0.3, 0.4) is 0 Å². The second-order valence-corrected chi connectivity index (χ2v) is 6.97. The first-order chi connectivity index (χ1) is 8.54. The summed E-state index contributed by atoms with van der Waals surface area (Å²) in [5.74, 6) is 0.366. The molecule has 5 heteroatoms. The predicted octanol–water partition coefficient (Wildman–Crippen LogP) is 1.12. The molecule has 0 saturated carbocycles. The number of hydrogen-bond donors (Lipinski definition) is 2. The van der Waals surface area contributed by atoms with Gasteiger partial charge in [-0.25, -0.2) is 8.42 Å². The van der Waals surface area contributed by atoms with Gasteiger partial charge in [-0.2, -0.15) is 0 Å². The van der Waals surface area contributed by atoms with Crippen molar-refractivity contribution in [3.63, 3.8) is 0 Å². The fraction of sp³-hybridized carbons (Fsp3) is 0.538. The van der Waals surface area contributed by atoms with E-state index in [2.05, 4.69) is 5.32 Å². The molecule has 0 amide bonds. The minimum atomic E-state index is -3.11. The van der Waals surface area contributed by atoms with Crippen molar-refractivity contribution in [2.75, 3.05) is 18.9 Å². The molecule has 0 bridgehead atoms. The highest BCUT2D eigenvalue weighted by atomic mass is 32.2. The molecule has 1 heterocycles. The molecule has 0 spiro atoms. The molecule has 1 aromatic rings.